The molecule has 0 fully saturated rings. The molecule has 0 aliphatic carbocycles. The second-order valence-corrected chi connectivity index (χ2v) is 5.20. The van der Waals surface area contributed by atoms with Crippen molar-refractivity contribution < 1.29 is 4.79 Å². The van der Waals surface area contributed by atoms with Gasteiger partial charge in [0.15, 0.2) is 0 Å². The molecule has 2 heterocycles. The topological polar surface area (TPSA) is 84.7 Å². The summed E-state index contributed by atoms with van der Waals surface area (Å²) in [5, 5.41) is 10.2. The minimum atomic E-state index is -0.159. The molecule has 0 radical (unpaired) electrons. The van der Waals surface area contributed by atoms with Gasteiger partial charge < -0.3 is 10.6 Å². The molecular formula is C18H18N6O. The average molecular weight is 334 g/mol. The van der Waals surface area contributed by atoms with Crippen LogP contribution in [0, 0.1) is 0 Å². The number of anilines is 1. The molecule has 0 saturated carbocycles. The van der Waals surface area contributed by atoms with E-state index in [0.717, 1.165) is 11.3 Å². The number of nitrogens with zero attached hydrogens (tertiary/aromatic N) is 4. The van der Waals surface area contributed by atoms with E-state index < -0.39 is 0 Å². The molecule has 0 unspecified atom stereocenters. The molecule has 2 N–H and O–H groups in total. The van der Waals surface area contributed by atoms with E-state index >= 15 is 0 Å². The molecule has 7 heteroatoms. The van der Waals surface area contributed by atoms with Crippen molar-refractivity contribution in [2.75, 3.05) is 18.4 Å². The second kappa shape index (κ2) is 8.39. The molecule has 7 nitrogen and oxygen atoms in total. The molecule has 0 atom stereocenters. The Labute approximate surface area is 145 Å². The first-order chi connectivity index (χ1) is 12.3. The van der Waals surface area contributed by atoms with Gasteiger partial charge in [-0.1, -0.05) is 18.2 Å². The lowest BCUT2D eigenvalue weighted by Crippen LogP contribution is -2.27. The Morgan fingerprint density at radius 3 is 2.80 bits per heavy atom. The molecule has 0 spiro atoms. The number of benzene rings is 1. The highest BCUT2D eigenvalue weighted by atomic mass is 16.1. The van der Waals surface area contributed by atoms with Gasteiger partial charge in [-0.05, 0) is 18.2 Å². The SMILES string of the molecule is O=C(C=Cc1cnn(-c2ccccc2)c1)NCCNc1cnccn1. The summed E-state index contributed by atoms with van der Waals surface area (Å²) in [5.74, 6) is 0.522. The van der Waals surface area contributed by atoms with Gasteiger partial charge in [-0.3, -0.25) is 9.78 Å². The zero-order chi connectivity index (χ0) is 17.3. The van der Waals surface area contributed by atoms with Crippen molar-refractivity contribution in [3.63, 3.8) is 0 Å². The number of hydrogen-bond donors (Lipinski definition) is 2. The standard InChI is InChI=1S/C18H18N6O/c25-18(22-11-10-21-17-13-19-8-9-20-17)7-6-15-12-23-24(14-15)16-4-2-1-3-5-16/h1-9,12-14H,10-11H2,(H,20,21)(H,22,25). The highest BCUT2D eigenvalue weighted by molar-refractivity contribution is 5.91. The lowest BCUT2D eigenvalue weighted by atomic mass is 10.3. The Bertz CT molecular complexity index is 829. The molecule has 1 aromatic carbocycles. The predicted octanol–water partition coefficient (Wildman–Crippen LogP) is 1.90. The van der Waals surface area contributed by atoms with Crippen LogP contribution in [0.15, 0.2) is 67.4 Å². The molecule has 3 aromatic rings. The van der Waals surface area contributed by atoms with E-state index in [0.29, 0.717) is 18.9 Å². The van der Waals surface area contributed by atoms with Crippen molar-refractivity contribution in [1.29, 1.82) is 0 Å². The number of carbonyl (C=O) groups excluding carboxylic acids is 1. The maximum Gasteiger partial charge on any atom is 0.244 e. The van der Waals surface area contributed by atoms with Crippen molar-refractivity contribution in [3.8, 4) is 5.69 Å². The van der Waals surface area contributed by atoms with Crippen molar-refractivity contribution in [3.05, 3.63) is 73.0 Å². The normalized spacial score (nSPS) is 10.7. The summed E-state index contributed by atoms with van der Waals surface area (Å²) in [6.07, 6.45) is 11.7. The largest absolute Gasteiger partial charge is 0.367 e. The van der Waals surface area contributed by atoms with Crippen LogP contribution >= 0.6 is 0 Å². The van der Waals surface area contributed by atoms with Crippen LogP contribution in [-0.2, 0) is 4.79 Å². The fraction of sp³-hybridized carbons (Fsp3) is 0.111. The molecular weight excluding hydrogens is 316 g/mol. The number of amides is 1. The van der Waals surface area contributed by atoms with Crippen LogP contribution in [0.1, 0.15) is 5.56 Å². The number of aromatic nitrogens is 4. The van der Waals surface area contributed by atoms with Gasteiger partial charge >= 0.3 is 0 Å². The van der Waals surface area contributed by atoms with Crippen LogP contribution in [0.2, 0.25) is 0 Å². The Morgan fingerprint density at radius 1 is 1.12 bits per heavy atom. The predicted molar refractivity (Wildman–Crippen MR) is 96.1 cm³/mol. The van der Waals surface area contributed by atoms with Crippen molar-refractivity contribution >= 4 is 17.8 Å². The number of nitrogens with one attached hydrogen (secondary N) is 2. The van der Waals surface area contributed by atoms with Crippen LogP contribution in [-0.4, -0.2) is 38.7 Å². The van der Waals surface area contributed by atoms with Crippen molar-refractivity contribution in [2.24, 2.45) is 0 Å². The van der Waals surface area contributed by atoms with E-state index in [1.165, 1.54) is 6.08 Å². The lowest BCUT2D eigenvalue weighted by Gasteiger charge is -2.04. The molecule has 3 rings (SSSR count). The Kier molecular flexibility index (Phi) is 5.50. The first-order valence-electron chi connectivity index (χ1n) is 7.87. The van der Waals surface area contributed by atoms with Crippen LogP contribution in [0.4, 0.5) is 5.82 Å². The van der Waals surface area contributed by atoms with Gasteiger partial charge in [-0.2, -0.15) is 5.10 Å². The number of hydrogen-bond acceptors (Lipinski definition) is 5. The third kappa shape index (κ3) is 5.00. The Hall–Kier alpha value is -3.48. The summed E-state index contributed by atoms with van der Waals surface area (Å²) in [6, 6.07) is 9.80. The van der Waals surface area contributed by atoms with Crippen molar-refractivity contribution in [2.45, 2.75) is 0 Å². The van der Waals surface area contributed by atoms with Crippen molar-refractivity contribution in [1.82, 2.24) is 25.1 Å². The first kappa shape index (κ1) is 16.4. The van der Waals surface area contributed by atoms with Crippen LogP contribution < -0.4 is 10.6 Å². The monoisotopic (exact) mass is 334 g/mol. The second-order valence-electron chi connectivity index (χ2n) is 5.20. The van der Waals surface area contributed by atoms with E-state index in [1.807, 2.05) is 36.5 Å². The maximum atomic E-state index is 11.8. The van der Waals surface area contributed by atoms with Gasteiger partial charge in [0.05, 0.1) is 18.1 Å². The highest BCUT2D eigenvalue weighted by Gasteiger charge is 1.99. The van der Waals surface area contributed by atoms with Gasteiger partial charge in [0.25, 0.3) is 0 Å². The van der Waals surface area contributed by atoms with E-state index in [9.17, 15) is 4.79 Å². The summed E-state index contributed by atoms with van der Waals surface area (Å²) < 4.78 is 1.77. The number of carbonyl (C=O) groups is 1. The smallest absolute Gasteiger partial charge is 0.244 e. The molecule has 0 saturated heterocycles. The fourth-order valence-corrected chi connectivity index (χ4v) is 2.14. The van der Waals surface area contributed by atoms with E-state index in [-0.39, 0.29) is 5.91 Å². The van der Waals surface area contributed by atoms with E-state index in [1.54, 1.807) is 35.5 Å². The van der Waals surface area contributed by atoms with Gasteiger partial charge in [0, 0.05) is 43.3 Å². The molecule has 0 aliphatic heterocycles. The zero-order valence-electron chi connectivity index (χ0n) is 13.5. The molecule has 1 amide bonds. The summed E-state index contributed by atoms with van der Waals surface area (Å²) >= 11 is 0. The summed E-state index contributed by atoms with van der Waals surface area (Å²) in [5.41, 5.74) is 1.83. The minimum Gasteiger partial charge on any atom is -0.367 e. The zero-order valence-corrected chi connectivity index (χ0v) is 13.5. The Balaban J connectivity index is 1.44. The summed E-state index contributed by atoms with van der Waals surface area (Å²) in [6.45, 7) is 1.06. The number of rotatable bonds is 7. The third-order valence-corrected chi connectivity index (χ3v) is 3.34. The van der Waals surface area contributed by atoms with Crippen LogP contribution in [0.5, 0.6) is 0 Å². The van der Waals surface area contributed by atoms with Crippen LogP contribution in [0.25, 0.3) is 11.8 Å². The molecule has 2 aromatic heterocycles. The minimum absolute atomic E-state index is 0.159. The molecule has 126 valence electrons. The van der Waals surface area contributed by atoms with Gasteiger partial charge in [-0.25, -0.2) is 9.67 Å². The average Bonchev–Trinajstić information content (AvgIpc) is 3.14. The molecule has 25 heavy (non-hydrogen) atoms. The lowest BCUT2D eigenvalue weighted by molar-refractivity contribution is -0.116. The summed E-state index contributed by atoms with van der Waals surface area (Å²) in [4.78, 5) is 19.9. The quantitative estimate of drug-likeness (QED) is 0.509. The fourth-order valence-electron chi connectivity index (χ4n) is 2.14. The molecule has 0 bridgehead atoms. The van der Waals surface area contributed by atoms with Gasteiger partial charge in [0.2, 0.25) is 5.91 Å². The van der Waals surface area contributed by atoms with E-state index in [2.05, 4.69) is 25.7 Å². The summed E-state index contributed by atoms with van der Waals surface area (Å²) in [7, 11) is 0. The van der Waals surface area contributed by atoms with Gasteiger partial charge in [-0.15, -0.1) is 0 Å². The Morgan fingerprint density at radius 2 is 2.00 bits per heavy atom. The maximum absolute atomic E-state index is 11.8. The molecule has 0 aliphatic rings. The van der Waals surface area contributed by atoms with Gasteiger partial charge in [0.1, 0.15) is 5.82 Å². The highest BCUT2D eigenvalue weighted by Crippen LogP contribution is 2.08. The number of para-hydroxylation sites is 1. The van der Waals surface area contributed by atoms with E-state index in [4.69, 9.17) is 0 Å². The van der Waals surface area contributed by atoms with Crippen LogP contribution in [0.3, 0.4) is 0 Å². The third-order valence-electron chi connectivity index (χ3n) is 3.34. The first-order valence-corrected chi connectivity index (χ1v) is 7.87.